The fraction of sp³-hybridized carbons (Fsp3) is 0.300. The van der Waals surface area contributed by atoms with Crippen molar-refractivity contribution in [1.82, 2.24) is 0 Å². The summed E-state index contributed by atoms with van der Waals surface area (Å²) in [7, 11) is 0. The predicted molar refractivity (Wildman–Crippen MR) is 105 cm³/mol. The molecule has 1 amide bonds. The van der Waals surface area contributed by atoms with Gasteiger partial charge in [0.15, 0.2) is 6.61 Å². The van der Waals surface area contributed by atoms with Gasteiger partial charge in [0, 0.05) is 0 Å². The van der Waals surface area contributed by atoms with Gasteiger partial charge in [-0.3, -0.25) is 4.79 Å². The Morgan fingerprint density at radius 2 is 1.88 bits per heavy atom. The molecule has 2 aromatic carbocycles. The van der Waals surface area contributed by atoms with Gasteiger partial charge in [-0.25, -0.2) is 4.79 Å². The average Bonchev–Trinajstić information content (AvgIpc) is 2.61. The third kappa shape index (κ3) is 5.33. The van der Waals surface area contributed by atoms with Crippen LogP contribution in [0.1, 0.15) is 42.6 Å². The number of benzene rings is 2. The molecule has 0 fully saturated rings. The fourth-order valence-electron chi connectivity index (χ4n) is 2.30. The van der Waals surface area contributed by atoms with E-state index in [-0.39, 0.29) is 19.1 Å². The highest BCUT2D eigenvalue weighted by molar-refractivity contribution is 9.10. The van der Waals surface area contributed by atoms with E-state index in [1.165, 1.54) is 5.56 Å². The molecule has 0 bridgehead atoms. The normalized spacial score (nSPS) is 10.5. The van der Waals surface area contributed by atoms with Gasteiger partial charge in [-0.1, -0.05) is 32.0 Å². The molecule has 0 aliphatic rings. The van der Waals surface area contributed by atoms with Crippen LogP contribution in [0.2, 0.25) is 0 Å². The maximum atomic E-state index is 12.2. The summed E-state index contributed by atoms with van der Waals surface area (Å²) < 4.78 is 11.4. The Hall–Kier alpha value is -2.34. The first-order valence-corrected chi connectivity index (χ1v) is 9.20. The first-order valence-electron chi connectivity index (χ1n) is 8.40. The van der Waals surface area contributed by atoms with Crippen LogP contribution in [-0.4, -0.2) is 25.1 Å². The molecule has 0 spiro atoms. The van der Waals surface area contributed by atoms with Crippen LogP contribution in [0.15, 0.2) is 46.9 Å². The van der Waals surface area contributed by atoms with E-state index in [1.54, 1.807) is 31.2 Å². The molecule has 0 aromatic heterocycles. The lowest BCUT2D eigenvalue weighted by Crippen LogP contribution is -2.22. The van der Waals surface area contributed by atoms with Crippen LogP contribution in [0.5, 0.6) is 5.75 Å². The zero-order chi connectivity index (χ0) is 19.1. The summed E-state index contributed by atoms with van der Waals surface area (Å²) in [4.78, 5) is 24.1. The van der Waals surface area contributed by atoms with Gasteiger partial charge in [-0.15, -0.1) is 0 Å². The van der Waals surface area contributed by atoms with Gasteiger partial charge < -0.3 is 14.8 Å². The van der Waals surface area contributed by atoms with Gasteiger partial charge >= 0.3 is 5.97 Å². The van der Waals surface area contributed by atoms with E-state index < -0.39 is 5.97 Å². The third-order valence-electron chi connectivity index (χ3n) is 3.68. The Kier molecular flexibility index (Phi) is 7.21. The first kappa shape index (κ1) is 20.0. The number of hydrogen-bond acceptors (Lipinski definition) is 4. The lowest BCUT2D eigenvalue weighted by Gasteiger charge is -2.13. The van der Waals surface area contributed by atoms with Crippen LogP contribution in [-0.2, 0) is 9.53 Å². The van der Waals surface area contributed by atoms with Crippen molar-refractivity contribution in [2.24, 2.45) is 0 Å². The number of halogens is 1. The van der Waals surface area contributed by atoms with Gasteiger partial charge in [0.05, 0.1) is 22.3 Å². The second-order valence-electron chi connectivity index (χ2n) is 5.95. The summed E-state index contributed by atoms with van der Waals surface area (Å²) >= 11 is 3.46. The zero-order valence-electron chi connectivity index (χ0n) is 15.0. The molecule has 2 rings (SSSR count). The molecule has 0 atom stereocenters. The molecule has 0 saturated heterocycles. The number of carbonyl (C=O) groups is 2. The maximum absolute atomic E-state index is 12.2. The first-order chi connectivity index (χ1) is 12.4. The molecule has 0 heterocycles. The van der Waals surface area contributed by atoms with Gasteiger partial charge in [0.1, 0.15) is 5.75 Å². The number of carbonyl (C=O) groups excluding carboxylic acids is 2. The van der Waals surface area contributed by atoms with Crippen molar-refractivity contribution in [3.63, 3.8) is 0 Å². The number of nitrogens with one attached hydrogen (secondary N) is 1. The topological polar surface area (TPSA) is 64.6 Å². The average molecular weight is 420 g/mol. The molecule has 2 aromatic rings. The second kappa shape index (κ2) is 9.38. The molecule has 5 nitrogen and oxygen atoms in total. The maximum Gasteiger partial charge on any atom is 0.340 e. The van der Waals surface area contributed by atoms with Gasteiger partial charge in [-0.05, 0) is 58.6 Å². The fourth-order valence-corrected chi connectivity index (χ4v) is 2.81. The van der Waals surface area contributed by atoms with E-state index in [9.17, 15) is 9.59 Å². The molecule has 0 aliphatic heterocycles. The summed E-state index contributed by atoms with van der Waals surface area (Å²) in [6, 6.07) is 12.5. The largest absolute Gasteiger partial charge is 0.483 e. The van der Waals surface area contributed by atoms with Crippen molar-refractivity contribution in [2.75, 3.05) is 18.5 Å². The molecule has 0 aliphatic carbocycles. The Labute approximate surface area is 161 Å². The summed E-state index contributed by atoms with van der Waals surface area (Å²) in [6.45, 7) is 6.05. The van der Waals surface area contributed by atoms with Crippen LogP contribution in [0.4, 0.5) is 5.69 Å². The quantitative estimate of drug-likeness (QED) is 0.656. The molecule has 0 radical (unpaired) electrons. The highest BCUT2D eigenvalue weighted by atomic mass is 79.9. The number of para-hydroxylation sites is 1. The molecule has 138 valence electrons. The van der Waals surface area contributed by atoms with Crippen LogP contribution >= 0.6 is 15.9 Å². The molecule has 6 heteroatoms. The van der Waals surface area contributed by atoms with Crippen LogP contribution in [0.3, 0.4) is 0 Å². The minimum Gasteiger partial charge on any atom is -0.483 e. The van der Waals surface area contributed by atoms with Crippen molar-refractivity contribution < 1.29 is 19.1 Å². The highest BCUT2D eigenvalue weighted by Gasteiger charge is 2.14. The third-order valence-corrected chi connectivity index (χ3v) is 4.30. The highest BCUT2D eigenvalue weighted by Crippen LogP contribution is 2.29. The zero-order valence-corrected chi connectivity index (χ0v) is 16.6. The summed E-state index contributed by atoms with van der Waals surface area (Å²) in [5.41, 5.74) is 1.89. The van der Waals surface area contributed by atoms with E-state index in [0.29, 0.717) is 22.9 Å². The molecule has 1 N–H and O–H groups in total. The number of hydrogen-bond donors (Lipinski definition) is 1. The van der Waals surface area contributed by atoms with Crippen molar-refractivity contribution in [2.45, 2.75) is 26.7 Å². The van der Waals surface area contributed by atoms with Crippen LogP contribution in [0, 0.1) is 0 Å². The lowest BCUT2D eigenvalue weighted by molar-refractivity contribution is -0.118. The van der Waals surface area contributed by atoms with Crippen molar-refractivity contribution >= 4 is 33.5 Å². The van der Waals surface area contributed by atoms with E-state index in [2.05, 4.69) is 35.1 Å². The number of rotatable bonds is 7. The van der Waals surface area contributed by atoms with E-state index in [1.807, 2.05) is 18.2 Å². The smallest absolute Gasteiger partial charge is 0.340 e. The van der Waals surface area contributed by atoms with Gasteiger partial charge in [0.25, 0.3) is 5.91 Å². The van der Waals surface area contributed by atoms with E-state index >= 15 is 0 Å². The Morgan fingerprint density at radius 1 is 1.15 bits per heavy atom. The lowest BCUT2D eigenvalue weighted by atomic mass is 10.0. The van der Waals surface area contributed by atoms with Crippen LogP contribution < -0.4 is 10.1 Å². The predicted octanol–water partition coefficient (Wildman–Crippen LogP) is 4.77. The monoisotopic (exact) mass is 419 g/mol. The number of amides is 1. The number of esters is 1. The number of ether oxygens (including phenoxy) is 2. The minimum absolute atomic E-state index is 0.170. The van der Waals surface area contributed by atoms with E-state index in [0.717, 1.165) is 4.47 Å². The molecular weight excluding hydrogens is 398 g/mol. The summed E-state index contributed by atoms with van der Waals surface area (Å²) in [6.07, 6.45) is 0. The van der Waals surface area contributed by atoms with Crippen molar-refractivity contribution in [3.05, 3.63) is 58.1 Å². The van der Waals surface area contributed by atoms with Crippen molar-refractivity contribution in [1.29, 1.82) is 0 Å². The minimum atomic E-state index is -0.476. The molecule has 0 unspecified atom stereocenters. The standard InChI is InChI=1S/C20H22BrNO4/c1-4-25-20(24)15-7-5-6-8-17(15)22-19(23)12-26-18-10-9-14(13(2)3)11-16(18)21/h5-11,13H,4,12H2,1-3H3,(H,22,23). The Morgan fingerprint density at radius 3 is 2.54 bits per heavy atom. The molecule has 0 saturated carbocycles. The van der Waals surface area contributed by atoms with E-state index in [4.69, 9.17) is 9.47 Å². The van der Waals surface area contributed by atoms with Crippen molar-refractivity contribution in [3.8, 4) is 5.75 Å². The Balaban J connectivity index is 2.01. The number of anilines is 1. The SMILES string of the molecule is CCOC(=O)c1ccccc1NC(=O)COc1ccc(C(C)C)cc1Br. The Bertz CT molecular complexity index is 789. The molecule has 26 heavy (non-hydrogen) atoms. The van der Waals surface area contributed by atoms with Gasteiger partial charge in [-0.2, -0.15) is 0 Å². The summed E-state index contributed by atoms with van der Waals surface area (Å²) in [5.74, 6) is 0.157. The van der Waals surface area contributed by atoms with Gasteiger partial charge in [0.2, 0.25) is 0 Å². The molecular formula is C20H22BrNO4. The van der Waals surface area contributed by atoms with Crippen LogP contribution in [0.25, 0.3) is 0 Å². The second-order valence-corrected chi connectivity index (χ2v) is 6.80. The summed E-state index contributed by atoms with van der Waals surface area (Å²) in [5, 5.41) is 2.69.